The molecule has 15 nitrogen and oxygen atoms in total. The molecule has 0 bridgehead atoms. The van der Waals surface area contributed by atoms with E-state index in [4.69, 9.17) is 18.6 Å². The second-order valence-corrected chi connectivity index (χ2v) is 11.1. The predicted octanol–water partition coefficient (Wildman–Crippen LogP) is -0.760. The fourth-order valence-corrected chi connectivity index (χ4v) is 5.10. The molecule has 0 fully saturated rings. The van der Waals surface area contributed by atoms with E-state index < -0.39 is 47.8 Å². The minimum absolute atomic E-state index is 0.0972. The third-order valence-electron chi connectivity index (χ3n) is 7.55. The van der Waals surface area contributed by atoms with Gasteiger partial charge in [-0.3, -0.25) is 24.2 Å². The first-order chi connectivity index (χ1) is 23.1. The number of amides is 4. The minimum atomic E-state index is -1.14. The smallest absolute Gasteiger partial charge is 0.243 e. The van der Waals surface area contributed by atoms with Gasteiger partial charge in [0.05, 0.1) is 12.4 Å². The maximum Gasteiger partial charge on any atom is 0.243 e. The van der Waals surface area contributed by atoms with Crippen LogP contribution in [0.2, 0.25) is 1.41 Å². The number of rotatable bonds is 18. The molecule has 15 heteroatoms. The molecule has 4 aromatic rings. The van der Waals surface area contributed by atoms with Crippen molar-refractivity contribution in [1.29, 1.82) is 0 Å². The molecule has 0 unspecified atom stereocenters. The molecule has 13 N–H and O–H groups in total. The average Bonchev–Trinajstić information content (AvgIpc) is 3.74. The molecule has 2 aromatic heterocycles. The molecule has 0 spiro atoms. The van der Waals surface area contributed by atoms with E-state index in [1.165, 1.54) is 12.5 Å². The van der Waals surface area contributed by atoms with Gasteiger partial charge in [0.25, 0.3) is 0 Å². The molecule has 0 saturated heterocycles. The van der Waals surface area contributed by atoms with E-state index in [-0.39, 0.29) is 38.2 Å². The van der Waals surface area contributed by atoms with Crippen LogP contribution >= 0.6 is 0 Å². The molecule has 4 atom stereocenters. The molecule has 0 radical (unpaired) electrons. The van der Waals surface area contributed by atoms with E-state index >= 15 is 0 Å². The van der Waals surface area contributed by atoms with E-state index in [1.54, 1.807) is 30.5 Å². The van der Waals surface area contributed by atoms with Crippen LogP contribution in [0.4, 0.5) is 0 Å². The topological polar surface area (TPSA) is 265 Å². The Bertz CT molecular complexity index is 1690. The third-order valence-corrected chi connectivity index (χ3v) is 7.55. The summed E-state index contributed by atoms with van der Waals surface area (Å²) in [5.74, 6) is -2.76. The summed E-state index contributed by atoms with van der Waals surface area (Å²) in [7, 11) is 0. The number of aromatic nitrogens is 3. The highest BCUT2D eigenvalue weighted by Gasteiger charge is 2.30. The maximum absolute atomic E-state index is 13.8. The number of benzene rings is 2. The highest BCUT2D eigenvalue weighted by Crippen LogP contribution is 2.19. The normalized spacial score (nSPS) is 13.8. The molecule has 47 heavy (non-hydrogen) atoms. The highest BCUT2D eigenvalue weighted by molar-refractivity contribution is 5.95. The first kappa shape index (κ1) is 32.7. The number of fused-ring (bicyclic) bond motifs is 1. The lowest BCUT2D eigenvalue weighted by molar-refractivity contribution is -0.133. The molecule has 0 aliphatic heterocycles. The standard InChI is InChI=1S/C32H41N11O4/c33-23(15-21-17-37-18-40-21)29(45)43-27(13-19-7-2-1-3-8-19)31(47)41-25(11-6-12-38-32(35)36)30(46)42-26(28(34)44)14-20-16-39-24-10-5-4-9-22(20)24/h1-5,7-10,16-18,23,25-27,39H,6,11-15,33H2,(H2,34,44)(H,37,40)(H,41,47)(H,42,46)(H,43,45)(H4,35,36,38)/t23-,25-,26-,27-/m0/s1/i/hD. The Hall–Kier alpha value is -5.70. The van der Waals surface area contributed by atoms with Gasteiger partial charge in [0.2, 0.25) is 23.6 Å². The van der Waals surface area contributed by atoms with Gasteiger partial charge < -0.3 is 48.8 Å². The van der Waals surface area contributed by atoms with Crippen molar-refractivity contribution in [2.45, 2.75) is 56.3 Å². The minimum Gasteiger partial charge on any atom is -0.370 e. The summed E-state index contributed by atoms with van der Waals surface area (Å²) in [6.45, 7) is 0.186. The van der Waals surface area contributed by atoms with E-state index in [2.05, 4.69) is 41.6 Å². The van der Waals surface area contributed by atoms with Crippen LogP contribution < -0.4 is 38.9 Å². The molecule has 0 aliphatic carbocycles. The SMILES string of the molecule is [2H]N[C@@H](Cc1cnc[nH]1)C(=O)N[C@@H](Cc1ccccc1)C(=O)N[C@@H](CCCN=C(N)N)C(=O)N[C@@H](Cc1c[nH]c2ccccc12)C(N)=O. The fourth-order valence-electron chi connectivity index (χ4n) is 5.10. The van der Waals surface area contributed by atoms with Gasteiger partial charge in [-0.15, -0.1) is 0 Å². The molecule has 4 amide bonds. The molecule has 248 valence electrons. The molecule has 0 saturated carbocycles. The van der Waals surface area contributed by atoms with Gasteiger partial charge in [-0.25, -0.2) is 4.98 Å². The molecule has 4 rings (SSSR count). The summed E-state index contributed by atoms with van der Waals surface area (Å²) in [5.41, 5.74) is 21.9. The number of nitrogens with one attached hydrogen (secondary N) is 5. The van der Waals surface area contributed by atoms with Gasteiger partial charge in [-0.2, -0.15) is 0 Å². The number of carbonyl (C=O) groups is 4. The number of carbonyl (C=O) groups excluding carboxylic acids is 4. The molecular formula is C32H41N11O4. The number of nitrogens with zero attached hydrogens (tertiary/aromatic N) is 2. The molecule has 2 heterocycles. The van der Waals surface area contributed by atoms with Crippen LogP contribution in [0.25, 0.3) is 10.9 Å². The Morgan fingerprint density at radius 1 is 0.830 bits per heavy atom. The van der Waals surface area contributed by atoms with Crippen molar-refractivity contribution in [3.05, 3.63) is 90.1 Å². The lowest BCUT2D eigenvalue weighted by atomic mass is 10.0. The zero-order valence-electron chi connectivity index (χ0n) is 26.7. The number of aliphatic imine (C=N–C) groups is 1. The van der Waals surface area contributed by atoms with Crippen LogP contribution in [0, 0.1) is 0 Å². The Kier molecular flexibility index (Phi) is 11.5. The fraction of sp³-hybridized carbons (Fsp3) is 0.312. The van der Waals surface area contributed by atoms with Crippen molar-refractivity contribution < 1.29 is 20.6 Å². The van der Waals surface area contributed by atoms with Crippen LogP contribution in [0.1, 0.15) is 29.7 Å². The van der Waals surface area contributed by atoms with Crippen molar-refractivity contribution in [2.75, 3.05) is 6.54 Å². The van der Waals surface area contributed by atoms with Gasteiger partial charge in [0.15, 0.2) is 5.96 Å². The van der Waals surface area contributed by atoms with Crippen LogP contribution in [0.5, 0.6) is 0 Å². The maximum atomic E-state index is 13.8. The van der Waals surface area contributed by atoms with Gasteiger partial charge >= 0.3 is 0 Å². The monoisotopic (exact) mass is 644 g/mol. The molecule has 2 aromatic carbocycles. The third kappa shape index (κ3) is 10.2. The summed E-state index contributed by atoms with van der Waals surface area (Å²) in [4.78, 5) is 67.2. The van der Waals surface area contributed by atoms with Crippen LogP contribution in [-0.4, -0.2) is 75.3 Å². The summed E-state index contributed by atoms with van der Waals surface area (Å²) in [5, 5.41) is 9.06. The van der Waals surface area contributed by atoms with E-state index in [0.717, 1.165) is 22.0 Å². The number of para-hydroxylation sites is 1. The number of hydrogen-bond acceptors (Lipinski definition) is 7. The predicted molar refractivity (Wildman–Crippen MR) is 177 cm³/mol. The van der Waals surface area contributed by atoms with E-state index in [9.17, 15) is 19.2 Å². The van der Waals surface area contributed by atoms with Crippen molar-refractivity contribution in [3.8, 4) is 0 Å². The van der Waals surface area contributed by atoms with E-state index in [1.807, 2.05) is 30.3 Å². The van der Waals surface area contributed by atoms with Crippen LogP contribution in [-0.2, 0) is 38.4 Å². The summed E-state index contributed by atoms with van der Waals surface area (Å²) < 4.78 is 7.71. The quantitative estimate of drug-likeness (QED) is 0.0376. The average molecular weight is 645 g/mol. The van der Waals surface area contributed by atoms with Gasteiger partial charge in [0.1, 0.15) is 19.5 Å². The number of guanidine groups is 1. The number of hydrogen-bond donors (Lipinski definition) is 9. The Labute approximate surface area is 272 Å². The largest absolute Gasteiger partial charge is 0.370 e. The number of primary amides is 1. The van der Waals surface area contributed by atoms with E-state index in [0.29, 0.717) is 12.1 Å². The van der Waals surface area contributed by atoms with Crippen molar-refractivity contribution in [3.63, 3.8) is 0 Å². The Morgan fingerprint density at radius 3 is 2.23 bits per heavy atom. The van der Waals surface area contributed by atoms with Crippen molar-refractivity contribution in [1.82, 2.24) is 30.9 Å². The van der Waals surface area contributed by atoms with Crippen LogP contribution in [0.15, 0.2) is 78.3 Å². The molecular weight excluding hydrogens is 602 g/mol. The Balaban J connectivity index is 1.53. The lowest BCUT2D eigenvalue weighted by Gasteiger charge is -2.25. The second-order valence-electron chi connectivity index (χ2n) is 11.1. The Morgan fingerprint density at radius 2 is 1.53 bits per heavy atom. The lowest BCUT2D eigenvalue weighted by Crippen LogP contribution is -2.58. The zero-order chi connectivity index (χ0) is 34.5. The first-order valence-corrected chi connectivity index (χ1v) is 15.1. The summed E-state index contributed by atoms with van der Waals surface area (Å²) >= 11 is 0. The highest BCUT2D eigenvalue weighted by atomic mass is 16.2. The van der Waals surface area contributed by atoms with Gasteiger partial charge in [-0.05, 0) is 30.0 Å². The van der Waals surface area contributed by atoms with Crippen molar-refractivity contribution in [2.24, 2.45) is 27.9 Å². The van der Waals surface area contributed by atoms with Gasteiger partial charge in [-0.1, -0.05) is 48.5 Å². The summed E-state index contributed by atoms with van der Waals surface area (Å²) in [6, 6.07) is 12.2. The van der Waals surface area contributed by atoms with Gasteiger partial charge in [0, 0.05) is 54.8 Å². The number of imidazole rings is 1. The number of aromatic amines is 2. The zero-order valence-corrected chi connectivity index (χ0v) is 25.7. The summed E-state index contributed by atoms with van der Waals surface area (Å²) in [6.07, 6.45) is 5.50. The van der Waals surface area contributed by atoms with Crippen molar-refractivity contribution >= 4 is 40.5 Å². The van der Waals surface area contributed by atoms with Crippen LogP contribution in [0.3, 0.4) is 0 Å². The number of nitrogens with two attached hydrogens (primary N) is 4. The first-order valence-electron chi connectivity index (χ1n) is 15.6. The number of H-pyrrole nitrogens is 2. The molecule has 0 aliphatic rings. The second kappa shape index (κ2) is 16.6.